The van der Waals surface area contributed by atoms with Gasteiger partial charge in [-0.05, 0) is 55.1 Å². The normalized spacial score (nSPS) is 13.5. The highest BCUT2D eigenvalue weighted by molar-refractivity contribution is 5.69. The minimum absolute atomic E-state index is 0.387. The van der Waals surface area contributed by atoms with E-state index in [0.717, 1.165) is 42.3 Å². The molecule has 1 heterocycles. The van der Waals surface area contributed by atoms with Crippen molar-refractivity contribution in [2.45, 2.75) is 39.7 Å². The third-order valence-electron chi connectivity index (χ3n) is 4.96. The van der Waals surface area contributed by atoms with Crippen LogP contribution in [0.2, 0.25) is 0 Å². The van der Waals surface area contributed by atoms with Crippen molar-refractivity contribution in [2.24, 2.45) is 5.73 Å². The second kappa shape index (κ2) is 8.04. The lowest BCUT2D eigenvalue weighted by Gasteiger charge is -2.34. The Kier molecular flexibility index (Phi) is 5.77. The largest absolute Gasteiger partial charge is 0.490 e. The minimum atomic E-state index is -0.556. The van der Waals surface area contributed by atoms with Crippen LogP contribution < -0.4 is 15.4 Å². The molecule has 0 bridgehead atoms. The molecule has 0 saturated heterocycles. The van der Waals surface area contributed by atoms with Crippen molar-refractivity contribution in [3.8, 4) is 5.75 Å². The summed E-state index contributed by atoms with van der Waals surface area (Å²) in [6.45, 7) is 6.44. The summed E-state index contributed by atoms with van der Waals surface area (Å²) in [4.78, 5) is 2.13. The molecule has 0 spiro atoms. The van der Waals surface area contributed by atoms with Crippen LogP contribution in [-0.2, 0) is 19.4 Å². The molecule has 3 nitrogen and oxygen atoms in total. The highest BCUT2D eigenvalue weighted by Gasteiger charge is 2.24. The molecular weight excluding hydrogens is 334 g/mol. The van der Waals surface area contributed by atoms with Crippen molar-refractivity contribution in [1.29, 1.82) is 0 Å². The van der Waals surface area contributed by atoms with Crippen molar-refractivity contribution in [3.05, 3.63) is 58.2 Å². The number of anilines is 1. The standard InChI is InChI=1S/C21H26F2N2O/c1-3-4-15-11-20-21(14(2)18(15)7-8-24)25(9-10-26-20)13-16-5-6-17(22)12-19(16)23/h5-6,11-12H,3-4,7-10,13,24H2,1-2H3. The number of ether oxygens (including phenoxy) is 1. The Labute approximate surface area is 153 Å². The van der Waals surface area contributed by atoms with Gasteiger partial charge in [0.15, 0.2) is 0 Å². The molecular formula is C21H26F2N2O. The molecule has 3 rings (SSSR count). The molecule has 1 aliphatic rings. The lowest BCUT2D eigenvalue weighted by Crippen LogP contribution is -2.33. The number of nitrogens with zero attached hydrogens (tertiary/aromatic N) is 1. The van der Waals surface area contributed by atoms with Crippen molar-refractivity contribution in [1.82, 2.24) is 0 Å². The summed E-state index contributed by atoms with van der Waals surface area (Å²) >= 11 is 0. The molecule has 0 saturated carbocycles. The number of aryl methyl sites for hydroxylation is 1. The van der Waals surface area contributed by atoms with Crippen LogP contribution in [0.5, 0.6) is 5.75 Å². The summed E-state index contributed by atoms with van der Waals surface area (Å²) < 4.78 is 33.2. The average Bonchev–Trinajstić information content (AvgIpc) is 2.61. The molecule has 2 aromatic carbocycles. The molecule has 0 fully saturated rings. The summed E-state index contributed by atoms with van der Waals surface area (Å²) in [5, 5.41) is 0. The average molecular weight is 360 g/mol. The molecule has 2 N–H and O–H groups in total. The number of halogens is 2. The van der Waals surface area contributed by atoms with Gasteiger partial charge in [0.25, 0.3) is 0 Å². The van der Waals surface area contributed by atoms with Crippen LogP contribution in [0.25, 0.3) is 0 Å². The van der Waals surface area contributed by atoms with E-state index in [4.69, 9.17) is 10.5 Å². The lowest BCUT2D eigenvalue weighted by atomic mass is 9.93. The Morgan fingerprint density at radius 1 is 1.15 bits per heavy atom. The molecule has 0 atom stereocenters. The fourth-order valence-corrected chi connectivity index (χ4v) is 3.76. The first-order valence-corrected chi connectivity index (χ1v) is 9.22. The fourth-order valence-electron chi connectivity index (χ4n) is 3.76. The first kappa shape index (κ1) is 18.6. The monoisotopic (exact) mass is 360 g/mol. The summed E-state index contributed by atoms with van der Waals surface area (Å²) in [6, 6.07) is 5.87. The molecule has 5 heteroatoms. The van der Waals surface area contributed by atoms with Gasteiger partial charge in [0.1, 0.15) is 24.0 Å². The van der Waals surface area contributed by atoms with E-state index in [-0.39, 0.29) is 0 Å². The van der Waals surface area contributed by atoms with Crippen LogP contribution >= 0.6 is 0 Å². The molecule has 26 heavy (non-hydrogen) atoms. The smallest absolute Gasteiger partial charge is 0.143 e. The molecule has 0 aliphatic carbocycles. The van der Waals surface area contributed by atoms with Gasteiger partial charge in [0.2, 0.25) is 0 Å². The first-order chi connectivity index (χ1) is 12.5. The van der Waals surface area contributed by atoms with E-state index >= 15 is 0 Å². The third kappa shape index (κ3) is 3.68. The number of nitrogens with two attached hydrogens (primary N) is 1. The summed E-state index contributed by atoms with van der Waals surface area (Å²) in [7, 11) is 0. The quantitative estimate of drug-likeness (QED) is 0.842. The van der Waals surface area contributed by atoms with E-state index in [1.165, 1.54) is 23.3 Å². The van der Waals surface area contributed by atoms with Crippen LogP contribution in [0, 0.1) is 18.6 Å². The number of fused-ring (bicyclic) bond motifs is 1. The van der Waals surface area contributed by atoms with E-state index in [0.29, 0.717) is 31.8 Å². The number of rotatable bonds is 6. The van der Waals surface area contributed by atoms with Crippen molar-refractivity contribution in [3.63, 3.8) is 0 Å². The maximum atomic E-state index is 14.1. The van der Waals surface area contributed by atoms with E-state index in [1.54, 1.807) is 0 Å². The van der Waals surface area contributed by atoms with Gasteiger partial charge < -0.3 is 15.4 Å². The van der Waals surface area contributed by atoms with Crippen molar-refractivity contribution >= 4 is 5.69 Å². The van der Waals surface area contributed by atoms with E-state index < -0.39 is 11.6 Å². The molecule has 0 aromatic heterocycles. The zero-order valence-corrected chi connectivity index (χ0v) is 15.4. The van der Waals surface area contributed by atoms with Gasteiger partial charge >= 0.3 is 0 Å². The first-order valence-electron chi connectivity index (χ1n) is 9.22. The van der Waals surface area contributed by atoms with Crippen molar-refractivity contribution in [2.75, 3.05) is 24.6 Å². The van der Waals surface area contributed by atoms with Crippen LogP contribution in [0.1, 0.15) is 35.6 Å². The molecule has 2 aromatic rings. The number of hydrogen-bond acceptors (Lipinski definition) is 3. The predicted molar refractivity (Wildman–Crippen MR) is 101 cm³/mol. The van der Waals surface area contributed by atoms with Gasteiger partial charge in [0.05, 0.1) is 12.2 Å². The molecule has 0 amide bonds. The lowest BCUT2D eigenvalue weighted by molar-refractivity contribution is 0.305. The van der Waals surface area contributed by atoms with Gasteiger partial charge in [-0.25, -0.2) is 8.78 Å². The van der Waals surface area contributed by atoms with Gasteiger partial charge in [-0.3, -0.25) is 0 Å². The van der Waals surface area contributed by atoms with Gasteiger partial charge in [-0.15, -0.1) is 0 Å². The zero-order chi connectivity index (χ0) is 18.7. The van der Waals surface area contributed by atoms with Gasteiger partial charge in [-0.2, -0.15) is 0 Å². The van der Waals surface area contributed by atoms with Gasteiger partial charge in [-0.1, -0.05) is 19.4 Å². The SMILES string of the molecule is CCCc1cc2c(c(C)c1CCN)N(Cc1ccc(F)cc1F)CCO2. The van der Waals surface area contributed by atoms with Crippen LogP contribution in [-0.4, -0.2) is 19.7 Å². The minimum Gasteiger partial charge on any atom is -0.490 e. The Morgan fingerprint density at radius 3 is 2.65 bits per heavy atom. The summed E-state index contributed by atoms with van der Waals surface area (Å²) in [5.74, 6) is -0.222. The van der Waals surface area contributed by atoms with E-state index in [9.17, 15) is 8.78 Å². The second-order valence-corrected chi connectivity index (χ2v) is 6.78. The van der Waals surface area contributed by atoms with Crippen LogP contribution in [0.4, 0.5) is 14.5 Å². The van der Waals surface area contributed by atoms with Crippen molar-refractivity contribution < 1.29 is 13.5 Å². The summed E-state index contributed by atoms with van der Waals surface area (Å²) in [6.07, 6.45) is 2.85. The molecule has 0 radical (unpaired) electrons. The summed E-state index contributed by atoms with van der Waals surface area (Å²) in [5.41, 5.74) is 11.0. The maximum Gasteiger partial charge on any atom is 0.143 e. The van der Waals surface area contributed by atoms with E-state index in [2.05, 4.69) is 24.8 Å². The maximum absolute atomic E-state index is 14.1. The third-order valence-corrected chi connectivity index (χ3v) is 4.96. The Morgan fingerprint density at radius 2 is 1.96 bits per heavy atom. The molecule has 140 valence electrons. The highest BCUT2D eigenvalue weighted by atomic mass is 19.1. The Balaban J connectivity index is 2.01. The number of hydrogen-bond donors (Lipinski definition) is 1. The Hall–Kier alpha value is -2.14. The number of benzene rings is 2. The van der Waals surface area contributed by atoms with E-state index in [1.807, 2.05) is 0 Å². The van der Waals surface area contributed by atoms with Crippen LogP contribution in [0.3, 0.4) is 0 Å². The molecule has 1 aliphatic heterocycles. The Bertz CT molecular complexity index is 792. The topological polar surface area (TPSA) is 38.5 Å². The van der Waals surface area contributed by atoms with Crippen LogP contribution in [0.15, 0.2) is 24.3 Å². The fraction of sp³-hybridized carbons (Fsp3) is 0.429. The second-order valence-electron chi connectivity index (χ2n) is 6.78. The molecule has 0 unspecified atom stereocenters. The highest BCUT2D eigenvalue weighted by Crippen LogP contribution is 2.40. The predicted octanol–water partition coefficient (Wildman–Crippen LogP) is 4.13. The zero-order valence-electron chi connectivity index (χ0n) is 15.4. The van der Waals surface area contributed by atoms with Gasteiger partial charge in [0, 0.05) is 18.2 Å².